The highest BCUT2D eigenvalue weighted by molar-refractivity contribution is 9.10. The lowest BCUT2D eigenvalue weighted by molar-refractivity contribution is -0.132. The van der Waals surface area contributed by atoms with Crippen molar-refractivity contribution in [1.29, 1.82) is 0 Å². The van der Waals surface area contributed by atoms with Gasteiger partial charge in [0.1, 0.15) is 0 Å². The summed E-state index contributed by atoms with van der Waals surface area (Å²) in [6, 6.07) is 1.90. The van der Waals surface area contributed by atoms with E-state index in [1.54, 1.807) is 0 Å². The summed E-state index contributed by atoms with van der Waals surface area (Å²) >= 11 is 4.82. The molecule has 1 aromatic rings. The molecule has 1 rings (SSSR count). The van der Waals surface area contributed by atoms with Crippen LogP contribution in [0.2, 0.25) is 0 Å². The van der Waals surface area contributed by atoms with Crippen LogP contribution in [0.4, 0.5) is 0 Å². The molecule has 1 N–H and O–H groups in total. The van der Waals surface area contributed by atoms with Crippen LogP contribution in [0.25, 0.3) is 0 Å². The Morgan fingerprint density at radius 3 is 2.83 bits per heavy atom. The second kappa shape index (κ2) is 3.87. The van der Waals surface area contributed by atoms with Crippen molar-refractivity contribution < 1.29 is 9.90 Å². The molecule has 0 amide bonds. The van der Waals surface area contributed by atoms with E-state index in [1.807, 2.05) is 11.4 Å². The normalized spacial score (nSPS) is 9.75. The van der Waals surface area contributed by atoms with Gasteiger partial charge in [0.25, 0.3) is 0 Å². The second-order valence-corrected chi connectivity index (χ2v) is 4.23. The molecule has 12 heavy (non-hydrogen) atoms. The summed E-state index contributed by atoms with van der Waals surface area (Å²) in [5.41, 5.74) is 0.226. The average Bonchev–Trinajstić information content (AvgIpc) is 2.35. The second-order valence-electron chi connectivity index (χ2n) is 2.32. The molecule has 0 fully saturated rings. The van der Waals surface area contributed by atoms with Crippen molar-refractivity contribution in [2.45, 2.75) is 6.42 Å². The number of hydrogen-bond donors (Lipinski definition) is 1. The topological polar surface area (TPSA) is 37.3 Å². The molecule has 0 aliphatic heterocycles. The Hall–Kier alpha value is -0.610. The van der Waals surface area contributed by atoms with Crippen molar-refractivity contribution in [3.63, 3.8) is 0 Å². The van der Waals surface area contributed by atoms with E-state index in [0.29, 0.717) is 6.42 Å². The molecule has 0 aromatic carbocycles. The molecule has 0 bridgehead atoms. The maximum absolute atomic E-state index is 10.4. The summed E-state index contributed by atoms with van der Waals surface area (Å²) in [5.74, 6) is -0.931. The van der Waals surface area contributed by atoms with Crippen molar-refractivity contribution in [3.8, 4) is 0 Å². The molecule has 0 spiro atoms. The van der Waals surface area contributed by atoms with Crippen molar-refractivity contribution in [3.05, 3.63) is 32.9 Å². The van der Waals surface area contributed by atoms with E-state index < -0.39 is 5.97 Å². The molecule has 0 aliphatic carbocycles. The molecule has 0 unspecified atom stereocenters. The van der Waals surface area contributed by atoms with Crippen LogP contribution in [0.1, 0.15) is 4.88 Å². The fourth-order valence-corrected chi connectivity index (χ4v) is 2.23. The van der Waals surface area contributed by atoms with Gasteiger partial charge in [-0.3, -0.25) is 0 Å². The van der Waals surface area contributed by atoms with Crippen LogP contribution < -0.4 is 0 Å². The number of carboxylic acid groups (broad SMARTS) is 1. The number of aliphatic carboxylic acids is 1. The van der Waals surface area contributed by atoms with Gasteiger partial charge >= 0.3 is 5.97 Å². The lowest BCUT2D eigenvalue weighted by Gasteiger charge is -1.94. The van der Waals surface area contributed by atoms with Gasteiger partial charge in [0.15, 0.2) is 0 Å². The minimum absolute atomic E-state index is 0.226. The Labute approximate surface area is 82.7 Å². The maximum Gasteiger partial charge on any atom is 0.331 e. The predicted molar refractivity (Wildman–Crippen MR) is 52.5 cm³/mol. The van der Waals surface area contributed by atoms with Gasteiger partial charge in [-0.1, -0.05) is 6.58 Å². The third-order valence-electron chi connectivity index (χ3n) is 1.31. The number of thiophene rings is 1. The van der Waals surface area contributed by atoms with E-state index in [2.05, 4.69) is 22.5 Å². The summed E-state index contributed by atoms with van der Waals surface area (Å²) < 4.78 is 0.987. The zero-order chi connectivity index (χ0) is 9.14. The molecule has 0 saturated heterocycles. The molecule has 0 radical (unpaired) electrons. The van der Waals surface area contributed by atoms with Gasteiger partial charge in [0, 0.05) is 26.7 Å². The standard InChI is InChI=1S/C8H7BrO2S/c1-5(8(10)11)2-7-3-6(9)4-12-7/h3-4H,1-2H2,(H,10,11). The number of carbonyl (C=O) groups is 1. The molecule has 1 aromatic heterocycles. The molecule has 1 heterocycles. The first-order valence-electron chi connectivity index (χ1n) is 3.23. The van der Waals surface area contributed by atoms with Crippen LogP contribution in [0.15, 0.2) is 28.1 Å². The SMILES string of the molecule is C=C(Cc1cc(Br)cs1)C(=O)O. The smallest absolute Gasteiger partial charge is 0.331 e. The van der Waals surface area contributed by atoms with E-state index in [1.165, 1.54) is 11.3 Å². The zero-order valence-corrected chi connectivity index (χ0v) is 8.61. The lowest BCUT2D eigenvalue weighted by Crippen LogP contribution is -2.00. The highest BCUT2D eigenvalue weighted by Gasteiger charge is 2.06. The lowest BCUT2D eigenvalue weighted by atomic mass is 10.2. The van der Waals surface area contributed by atoms with E-state index in [9.17, 15) is 4.79 Å². The Morgan fingerprint density at radius 2 is 2.42 bits per heavy atom. The first kappa shape index (κ1) is 9.48. The predicted octanol–water partition coefficient (Wildman–Crippen LogP) is 2.69. The van der Waals surface area contributed by atoms with E-state index in [-0.39, 0.29) is 5.57 Å². The van der Waals surface area contributed by atoms with Gasteiger partial charge in [0.05, 0.1) is 0 Å². The highest BCUT2D eigenvalue weighted by Crippen LogP contribution is 2.21. The minimum atomic E-state index is -0.931. The summed E-state index contributed by atoms with van der Waals surface area (Å²) in [5, 5.41) is 10.5. The van der Waals surface area contributed by atoms with Crippen molar-refractivity contribution in [2.24, 2.45) is 0 Å². The fraction of sp³-hybridized carbons (Fsp3) is 0.125. The molecule has 0 atom stereocenters. The first-order valence-corrected chi connectivity index (χ1v) is 4.91. The van der Waals surface area contributed by atoms with Gasteiger partial charge in [-0.2, -0.15) is 0 Å². The summed E-state index contributed by atoms with van der Waals surface area (Å²) in [6.07, 6.45) is 0.422. The summed E-state index contributed by atoms with van der Waals surface area (Å²) in [7, 11) is 0. The Balaban J connectivity index is 2.64. The third kappa shape index (κ3) is 2.46. The van der Waals surface area contributed by atoms with E-state index in [0.717, 1.165) is 9.35 Å². The molecule has 2 nitrogen and oxygen atoms in total. The fourth-order valence-electron chi connectivity index (χ4n) is 0.732. The van der Waals surface area contributed by atoms with E-state index in [4.69, 9.17) is 5.11 Å². The van der Waals surface area contributed by atoms with Crippen LogP contribution in [-0.4, -0.2) is 11.1 Å². The van der Waals surface area contributed by atoms with Crippen LogP contribution in [0.3, 0.4) is 0 Å². The number of hydrogen-bond acceptors (Lipinski definition) is 2. The van der Waals surface area contributed by atoms with Crippen LogP contribution in [0.5, 0.6) is 0 Å². The van der Waals surface area contributed by atoms with Gasteiger partial charge < -0.3 is 5.11 Å². The summed E-state index contributed by atoms with van der Waals surface area (Å²) in [4.78, 5) is 11.4. The quantitative estimate of drug-likeness (QED) is 0.834. The van der Waals surface area contributed by atoms with Gasteiger partial charge in [-0.25, -0.2) is 4.79 Å². The Bertz CT molecular complexity index is 317. The monoisotopic (exact) mass is 246 g/mol. The molecule has 0 saturated carbocycles. The molecular weight excluding hydrogens is 240 g/mol. The minimum Gasteiger partial charge on any atom is -0.478 e. The maximum atomic E-state index is 10.4. The molecular formula is C8H7BrO2S. The zero-order valence-electron chi connectivity index (χ0n) is 6.21. The van der Waals surface area contributed by atoms with Crippen LogP contribution >= 0.6 is 27.3 Å². The van der Waals surface area contributed by atoms with Crippen LogP contribution in [0, 0.1) is 0 Å². The van der Waals surface area contributed by atoms with Crippen LogP contribution in [-0.2, 0) is 11.2 Å². The Kier molecular flexibility index (Phi) is 3.05. The van der Waals surface area contributed by atoms with Gasteiger partial charge in [-0.05, 0) is 22.0 Å². The van der Waals surface area contributed by atoms with E-state index >= 15 is 0 Å². The third-order valence-corrected chi connectivity index (χ3v) is 3.01. The molecule has 0 aliphatic rings. The largest absolute Gasteiger partial charge is 0.478 e. The van der Waals surface area contributed by atoms with Gasteiger partial charge in [0.2, 0.25) is 0 Å². The van der Waals surface area contributed by atoms with Crippen molar-refractivity contribution >= 4 is 33.2 Å². The Morgan fingerprint density at radius 1 is 1.75 bits per heavy atom. The van der Waals surface area contributed by atoms with Crippen molar-refractivity contribution in [1.82, 2.24) is 0 Å². The first-order chi connectivity index (χ1) is 5.59. The summed E-state index contributed by atoms with van der Waals surface area (Å²) in [6.45, 7) is 3.45. The van der Waals surface area contributed by atoms with Gasteiger partial charge in [-0.15, -0.1) is 11.3 Å². The average molecular weight is 247 g/mol. The number of carboxylic acids is 1. The molecule has 64 valence electrons. The molecule has 4 heteroatoms. The number of rotatable bonds is 3. The highest BCUT2D eigenvalue weighted by atomic mass is 79.9. The van der Waals surface area contributed by atoms with Crippen molar-refractivity contribution in [2.75, 3.05) is 0 Å². The number of halogens is 1.